The van der Waals surface area contributed by atoms with E-state index < -0.39 is 0 Å². The summed E-state index contributed by atoms with van der Waals surface area (Å²) in [5.41, 5.74) is 3.77. The van der Waals surface area contributed by atoms with Crippen molar-refractivity contribution in [3.05, 3.63) is 88.8 Å². The lowest BCUT2D eigenvalue weighted by molar-refractivity contribution is -0.121. The summed E-state index contributed by atoms with van der Waals surface area (Å²) in [6, 6.07) is 26.2. The number of para-hydroxylation sites is 1. The maximum absolute atomic E-state index is 13.3. The summed E-state index contributed by atoms with van der Waals surface area (Å²) in [6.45, 7) is 0. The van der Waals surface area contributed by atoms with Crippen LogP contribution in [0, 0.1) is 0 Å². The van der Waals surface area contributed by atoms with Gasteiger partial charge in [0.1, 0.15) is 10.8 Å². The first-order valence-corrected chi connectivity index (χ1v) is 15.4. The van der Waals surface area contributed by atoms with Crippen LogP contribution in [-0.2, 0) is 11.2 Å². The second-order valence-electron chi connectivity index (χ2n) is 10.9. The number of nitrogens with one attached hydrogen (secondary N) is 2. The van der Waals surface area contributed by atoms with Crippen LogP contribution >= 0.6 is 22.9 Å². The van der Waals surface area contributed by atoms with Crippen LogP contribution in [-0.4, -0.2) is 47.0 Å². The van der Waals surface area contributed by atoms with E-state index in [4.69, 9.17) is 26.6 Å². The molecule has 0 spiro atoms. The predicted octanol–water partition coefficient (Wildman–Crippen LogP) is 7.22. The number of hydrogen-bond donors (Lipinski definition) is 2. The number of carbonyl (C=O) groups excluding carboxylic acids is 1. The Morgan fingerprint density at radius 3 is 2.29 bits per heavy atom. The van der Waals surface area contributed by atoms with E-state index in [0.29, 0.717) is 17.4 Å². The van der Waals surface area contributed by atoms with Gasteiger partial charge in [-0.25, -0.2) is 9.97 Å². The van der Waals surface area contributed by atoms with Crippen LogP contribution in [0.3, 0.4) is 0 Å². The molecule has 1 amide bonds. The zero-order valence-corrected chi connectivity index (χ0v) is 25.3. The van der Waals surface area contributed by atoms with Crippen LogP contribution in [0.4, 0.5) is 11.8 Å². The fourth-order valence-corrected chi connectivity index (χ4v) is 6.68. The van der Waals surface area contributed by atoms with Gasteiger partial charge in [0.15, 0.2) is 0 Å². The Bertz CT molecular complexity index is 1680. The van der Waals surface area contributed by atoms with Gasteiger partial charge in [0.25, 0.3) is 0 Å². The molecule has 214 valence electrons. The van der Waals surface area contributed by atoms with Crippen LogP contribution in [0.2, 0.25) is 5.02 Å². The molecule has 2 aromatic heterocycles. The highest BCUT2D eigenvalue weighted by Crippen LogP contribution is 2.35. The Morgan fingerprint density at radius 1 is 0.857 bits per heavy atom. The Balaban J connectivity index is 1.10. The van der Waals surface area contributed by atoms with Gasteiger partial charge in [0, 0.05) is 52.6 Å². The van der Waals surface area contributed by atoms with Gasteiger partial charge in [-0.15, -0.1) is 11.3 Å². The van der Waals surface area contributed by atoms with Gasteiger partial charge >= 0.3 is 0 Å². The third kappa shape index (κ3) is 6.40. The molecular formula is C33H33ClN6OS. The lowest BCUT2D eigenvalue weighted by Gasteiger charge is -2.30. The van der Waals surface area contributed by atoms with Gasteiger partial charge in [-0.1, -0.05) is 66.2 Å². The highest BCUT2D eigenvalue weighted by molar-refractivity contribution is 7.15. The van der Waals surface area contributed by atoms with Crippen molar-refractivity contribution in [2.75, 3.05) is 24.3 Å². The summed E-state index contributed by atoms with van der Waals surface area (Å²) < 4.78 is 0. The van der Waals surface area contributed by atoms with Crippen molar-refractivity contribution in [2.45, 2.75) is 44.2 Å². The largest absolute Gasteiger partial charge is 0.362 e. The van der Waals surface area contributed by atoms with E-state index in [1.54, 1.807) is 11.3 Å². The number of nitrogens with zero attached hydrogens (tertiary/aromatic N) is 4. The number of benzene rings is 3. The van der Waals surface area contributed by atoms with E-state index in [1.165, 1.54) is 0 Å². The van der Waals surface area contributed by atoms with Crippen LogP contribution in [0.15, 0.2) is 78.9 Å². The van der Waals surface area contributed by atoms with E-state index in [-0.39, 0.29) is 18.0 Å². The van der Waals surface area contributed by atoms with E-state index in [0.717, 1.165) is 69.1 Å². The molecule has 0 atom stereocenters. The number of carbonyl (C=O) groups is 1. The van der Waals surface area contributed by atoms with E-state index >= 15 is 0 Å². The monoisotopic (exact) mass is 596 g/mol. The highest BCUT2D eigenvalue weighted by atomic mass is 35.5. The summed E-state index contributed by atoms with van der Waals surface area (Å²) in [5, 5.41) is 9.46. The van der Waals surface area contributed by atoms with Crippen molar-refractivity contribution in [2.24, 2.45) is 0 Å². The van der Waals surface area contributed by atoms with Crippen LogP contribution in [0.1, 0.15) is 30.6 Å². The number of aromatic nitrogens is 3. The summed E-state index contributed by atoms with van der Waals surface area (Å²) in [5.74, 6) is 1.58. The summed E-state index contributed by atoms with van der Waals surface area (Å²) in [7, 11) is 4.00. The zero-order chi connectivity index (χ0) is 29.1. The van der Waals surface area contributed by atoms with E-state index in [2.05, 4.69) is 16.7 Å². The third-order valence-corrected chi connectivity index (χ3v) is 8.95. The highest BCUT2D eigenvalue weighted by Gasteiger charge is 2.25. The minimum absolute atomic E-state index is 0.0263. The third-order valence-electron chi connectivity index (χ3n) is 7.59. The molecule has 0 unspecified atom stereocenters. The fraction of sp³-hybridized carbons (Fsp3) is 0.273. The minimum Gasteiger partial charge on any atom is -0.362 e. The molecule has 0 saturated heterocycles. The average Bonchev–Trinajstić information content (AvgIpc) is 3.42. The molecular weight excluding hydrogens is 564 g/mol. The summed E-state index contributed by atoms with van der Waals surface area (Å²) >= 11 is 7.71. The topological polar surface area (TPSA) is 83.0 Å². The van der Waals surface area contributed by atoms with Crippen molar-refractivity contribution >= 4 is 51.5 Å². The first-order valence-electron chi connectivity index (χ1n) is 14.2. The second kappa shape index (κ2) is 12.5. The molecule has 42 heavy (non-hydrogen) atoms. The molecule has 1 aliphatic rings. The van der Waals surface area contributed by atoms with Crippen molar-refractivity contribution < 1.29 is 4.79 Å². The molecule has 7 nitrogen and oxygen atoms in total. The van der Waals surface area contributed by atoms with E-state index in [9.17, 15) is 4.79 Å². The molecule has 3 aromatic carbocycles. The smallest absolute Gasteiger partial charge is 0.225 e. The number of thiazole rings is 1. The Kier molecular flexibility index (Phi) is 8.35. The van der Waals surface area contributed by atoms with Crippen molar-refractivity contribution in [3.8, 4) is 21.8 Å². The van der Waals surface area contributed by atoms with Crippen molar-refractivity contribution in [1.29, 1.82) is 0 Å². The van der Waals surface area contributed by atoms with Gasteiger partial charge < -0.3 is 15.5 Å². The van der Waals surface area contributed by atoms with Gasteiger partial charge in [-0.05, 0) is 49.9 Å². The SMILES string of the molecule is CN(C)c1nc(N[C@H]2CC[C@@H](NC(=O)Cc3sc(-c4ccccc4)nc3-c3ccc(Cl)cc3)CC2)nc2ccccc12. The Labute approximate surface area is 255 Å². The average molecular weight is 597 g/mol. The standard InChI is InChI=1S/C33H33ClN6OS/c1-40(2)31-26-10-6-7-11-27(26)37-33(39-31)36-25-18-16-24(17-19-25)35-29(41)20-28-30(21-12-14-23(34)15-13-21)38-32(42-28)22-8-4-3-5-9-22/h3-15,24-25H,16-20H2,1-2H3,(H,35,41)(H,36,37,39)/t24-,25+. The van der Waals surface area contributed by atoms with Crippen LogP contribution < -0.4 is 15.5 Å². The number of anilines is 2. The molecule has 2 heterocycles. The summed E-state index contributed by atoms with van der Waals surface area (Å²) in [6.07, 6.45) is 3.97. The molecule has 1 saturated carbocycles. The van der Waals surface area contributed by atoms with Gasteiger partial charge in [-0.3, -0.25) is 4.79 Å². The first-order chi connectivity index (χ1) is 20.4. The van der Waals surface area contributed by atoms with Crippen LogP contribution in [0.5, 0.6) is 0 Å². The fourth-order valence-electron chi connectivity index (χ4n) is 5.46. The second-order valence-corrected chi connectivity index (χ2v) is 12.4. The maximum atomic E-state index is 13.3. The molecule has 2 N–H and O–H groups in total. The number of hydrogen-bond acceptors (Lipinski definition) is 7. The Hall–Kier alpha value is -4.01. The molecule has 5 aromatic rings. The van der Waals surface area contributed by atoms with Gasteiger partial charge in [0.2, 0.25) is 11.9 Å². The first kappa shape index (κ1) is 28.1. The number of fused-ring (bicyclic) bond motifs is 1. The summed E-state index contributed by atoms with van der Waals surface area (Å²) in [4.78, 5) is 30.7. The van der Waals surface area contributed by atoms with Crippen molar-refractivity contribution in [1.82, 2.24) is 20.3 Å². The lowest BCUT2D eigenvalue weighted by Crippen LogP contribution is -2.40. The quantitative estimate of drug-likeness (QED) is 0.197. The molecule has 9 heteroatoms. The van der Waals surface area contributed by atoms with Crippen LogP contribution in [0.25, 0.3) is 32.7 Å². The minimum atomic E-state index is 0.0263. The maximum Gasteiger partial charge on any atom is 0.225 e. The van der Waals surface area contributed by atoms with Gasteiger partial charge in [-0.2, -0.15) is 4.98 Å². The lowest BCUT2D eigenvalue weighted by atomic mass is 9.91. The molecule has 6 rings (SSSR count). The predicted molar refractivity (Wildman–Crippen MR) is 173 cm³/mol. The van der Waals surface area contributed by atoms with Crippen molar-refractivity contribution in [3.63, 3.8) is 0 Å². The van der Waals surface area contributed by atoms with E-state index in [1.807, 2.05) is 91.8 Å². The molecule has 0 bridgehead atoms. The normalized spacial score (nSPS) is 16.7. The zero-order valence-electron chi connectivity index (χ0n) is 23.7. The molecule has 0 radical (unpaired) electrons. The molecule has 0 aliphatic heterocycles. The molecule has 1 aliphatic carbocycles. The Morgan fingerprint density at radius 2 is 1.55 bits per heavy atom. The van der Waals surface area contributed by atoms with Gasteiger partial charge in [0.05, 0.1) is 17.6 Å². The number of halogens is 1. The number of amides is 1. The number of rotatable bonds is 8. The molecule has 1 fully saturated rings.